The Morgan fingerprint density at radius 3 is 2.17 bits per heavy atom. The lowest BCUT2D eigenvalue weighted by Crippen LogP contribution is -2.41. The second-order valence-corrected chi connectivity index (χ2v) is 5.70. The highest BCUT2D eigenvalue weighted by atomic mass is 16.2. The van der Waals surface area contributed by atoms with Gasteiger partial charge in [0.05, 0.1) is 13.1 Å². The maximum atomic E-state index is 12.0. The summed E-state index contributed by atoms with van der Waals surface area (Å²) < 4.78 is 0. The molecule has 0 saturated carbocycles. The van der Waals surface area contributed by atoms with E-state index in [4.69, 9.17) is 0 Å². The zero-order valence-electron chi connectivity index (χ0n) is 14.0. The standard InChI is InChI=1S/C16H24N4O3/c1-11(2)17-15(22)9-20(4)10-16(23)19-14-7-5-6-13(8-14)18-12(3)21/h5-8,11H,9-10H2,1-4H3,(H,17,22)(H,18,21)(H,19,23). The van der Waals surface area contributed by atoms with Crippen molar-refractivity contribution in [2.75, 3.05) is 30.8 Å². The van der Waals surface area contributed by atoms with Gasteiger partial charge < -0.3 is 16.0 Å². The zero-order valence-corrected chi connectivity index (χ0v) is 14.0. The van der Waals surface area contributed by atoms with Crippen molar-refractivity contribution in [2.24, 2.45) is 0 Å². The fourth-order valence-electron chi connectivity index (χ4n) is 1.99. The molecule has 7 nitrogen and oxygen atoms in total. The molecule has 0 fully saturated rings. The molecule has 0 atom stereocenters. The number of rotatable bonds is 7. The molecule has 23 heavy (non-hydrogen) atoms. The van der Waals surface area contributed by atoms with Crippen LogP contribution in [0.25, 0.3) is 0 Å². The maximum absolute atomic E-state index is 12.0. The molecule has 7 heteroatoms. The first-order chi connectivity index (χ1) is 10.8. The topological polar surface area (TPSA) is 90.5 Å². The van der Waals surface area contributed by atoms with Gasteiger partial charge in [-0.25, -0.2) is 0 Å². The summed E-state index contributed by atoms with van der Waals surface area (Å²) in [6.45, 7) is 5.43. The monoisotopic (exact) mass is 320 g/mol. The number of carbonyl (C=O) groups is 3. The van der Waals surface area contributed by atoms with Crippen molar-refractivity contribution in [1.29, 1.82) is 0 Å². The summed E-state index contributed by atoms with van der Waals surface area (Å²) in [6, 6.07) is 6.95. The Morgan fingerprint density at radius 2 is 1.61 bits per heavy atom. The van der Waals surface area contributed by atoms with Crippen LogP contribution in [0.1, 0.15) is 20.8 Å². The average molecular weight is 320 g/mol. The number of anilines is 2. The number of carbonyl (C=O) groups excluding carboxylic acids is 3. The molecule has 1 aromatic rings. The zero-order chi connectivity index (χ0) is 17.4. The van der Waals surface area contributed by atoms with Gasteiger partial charge in [0.1, 0.15) is 0 Å². The molecule has 0 spiro atoms. The molecular formula is C16H24N4O3. The Balaban J connectivity index is 2.50. The van der Waals surface area contributed by atoms with Crippen molar-refractivity contribution in [1.82, 2.24) is 10.2 Å². The third-order valence-electron chi connectivity index (χ3n) is 2.74. The van der Waals surface area contributed by atoms with Crippen molar-refractivity contribution in [3.05, 3.63) is 24.3 Å². The quantitative estimate of drug-likeness (QED) is 0.700. The van der Waals surface area contributed by atoms with E-state index in [2.05, 4.69) is 16.0 Å². The number of nitrogens with zero attached hydrogens (tertiary/aromatic N) is 1. The lowest BCUT2D eigenvalue weighted by molar-refractivity contribution is -0.123. The highest BCUT2D eigenvalue weighted by Gasteiger charge is 2.11. The predicted octanol–water partition coefficient (Wildman–Crippen LogP) is 1.04. The van der Waals surface area contributed by atoms with Crippen LogP contribution < -0.4 is 16.0 Å². The van der Waals surface area contributed by atoms with E-state index in [0.29, 0.717) is 11.4 Å². The Kier molecular flexibility index (Phi) is 7.21. The van der Waals surface area contributed by atoms with E-state index in [1.807, 2.05) is 13.8 Å². The minimum absolute atomic E-state index is 0.0706. The SMILES string of the molecule is CC(=O)Nc1cccc(NC(=O)CN(C)CC(=O)NC(C)C)c1. The predicted molar refractivity (Wildman–Crippen MR) is 90.2 cm³/mol. The van der Waals surface area contributed by atoms with Gasteiger partial charge in [-0.05, 0) is 39.1 Å². The number of likely N-dealkylation sites (N-methyl/N-ethyl adjacent to an activating group) is 1. The Bertz CT molecular complexity index is 572. The van der Waals surface area contributed by atoms with E-state index >= 15 is 0 Å². The molecule has 0 aromatic heterocycles. The van der Waals surface area contributed by atoms with Crippen molar-refractivity contribution in [3.63, 3.8) is 0 Å². The second-order valence-electron chi connectivity index (χ2n) is 5.70. The summed E-state index contributed by atoms with van der Waals surface area (Å²) in [5, 5.41) is 8.16. The Morgan fingerprint density at radius 1 is 1.04 bits per heavy atom. The largest absolute Gasteiger partial charge is 0.353 e. The van der Waals surface area contributed by atoms with Crippen LogP contribution in [0.4, 0.5) is 11.4 Å². The number of hydrogen-bond acceptors (Lipinski definition) is 4. The molecule has 0 heterocycles. The number of hydrogen-bond donors (Lipinski definition) is 3. The molecule has 3 amide bonds. The summed E-state index contributed by atoms with van der Waals surface area (Å²) in [6.07, 6.45) is 0. The number of amides is 3. The van der Waals surface area contributed by atoms with Crippen molar-refractivity contribution in [3.8, 4) is 0 Å². The molecule has 0 bridgehead atoms. The van der Waals surface area contributed by atoms with Gasteiger partial charge >= 0.3 is 0 Å². The van der Waals surface area contributed by atoms with Crippen LogP contribution in [0.15, 0.2) is 24.3 Å². The van der Waals surface area contributed by atoms with Crippen molar-refractivity contribution < 1.29 is 14.4 Å². The molecule has 1 aromatic carbocycles. The molecular weight excluding hydrogens is 296 g/mol. The summed E-state index contributed by atoms with van der Waals surface area (Å²) in [5.41, 5.74) is 1.20. The first-order valence-electron chi connectivity index (χ1n) is 7.41. The first-order valence-corrected chi connectivity index (χ1v) is 7.41. The minimum atomic E-state index is -0.232. The average Bonchev–Trinajstić information content (AvgIpc) is 2.36. The fraction of sp³-hybridized carbons (Fsp3) is 0.438. The molecule has 0 aliphatic carbocycles. The highest BCUT2D eigenvalue weighted by Crippen LogP contribution is 2.14. The number of benzene rings is 1. The molecule has 0 saturated heterocycles. The van der Waals surface area contributed by atoms with Crippen LogP contribution in [0.2, 0.25) is 0 Å². The van der Waals surface area contributed by atoms with E-state index in [1.165, 1.54) is 6.92 Å². The Labute approximate surface area is 136 Å². The van der Waals surface area contributed by atoms with Crippen LogP contribution in [0, 0.1) is 0 Å². The van der Waals surface area contributed by atoms with E-state index in [-0.39, 0.29) is 36.9 Å². The molecule has 0 aliphatic heterocycles. The van der Waals surface area contributed by atoms with Crippen LogP contribution in [-0.4, -0.2) is 48.8 Å². The molecule has 3 N–H and O–H groups in total. The van der Waals surface area contributed by atoms with Gasteiger partial charge in [0, 0.05) is 24.3 Å². The van der Waals surface area contributed by atoms with Gasteiger partial charge in [-0.15, -0.1) is 0 Å². The summed E-state index contributed by atoms with van der Waals surface area (Å²) in [7, 11) is 1.70. The van der Waals surface area contributed by atoms with Gasteiger partial charge in [-0.3, -0.25) is 19.3 Å². The molecule has 0 radical (unpaired) electrons. The normalized spacial score (nSPS) is 10.5. The number of nitrogens with one attached hydrogen (secondary N) is 3. The molecule has 1 rings (SSSR count). The van der Waals surface area contributed by atoms with Crippen LogP contribution in [-0.2, 0) is 14.4 Å². The Hall–Kier alpha value is -2.41. The lowest BCUT2D eigenvalue weighted by atomic mass is 10.2. The molecule has 0 aliphatic rings. The summed E-state index contributed by atoms with van der Waals surface area (Å²) in [4.78, 5) is 36.3. The minimum Gasteiger partial charge on any atom is -0.353 e. The molecule has 126 valence electrons. The fourth-order valence-corrected chi connectivity index (χ4v) is 1.99. The van der Waals surface area contributed by atoms with Gasteiger partial charge in [0.15, 0.2) is 0 Å². The third-order valence-corrected chi connectivity index (χ3v) is 2.74. The van der Waals surface area contributed by atoms with E-state index in [9.17, 15) is 14.4 Å². The van der Waals surface area contributed by atoms with E-state index in [1.54, 1.807) is 36.2 Å². The van der Waals surface area contributed by atoms with Crippen molar-refractivity contribution in [2.45, 2.75) is 26.8 Å². The van der Waals surface area contributed by atoms with Gasteiger partial charge in [0.2, 0.25) is 17.7 Å². The highest BCUT2D eigenvalue weighted by molar-refractivity contribution is 5.94. The van der Waals surface area contributed by atoms with E-state index in [0.717, 1.165) is 0 Å². The smallest absolute Gasteiger partial charge is 0.238 e. The van der Waals surface area contributed by atoms with Gasteiger partial charge in [-0.1, -0.05) is 6.07 Å². The maximum Gasteiger partial charge on any atom is 0.238 e. The van der Waals surface area contributed by atoms with Crippen LogP contribution >= 0.6 is 0 Å². The first kappa shape index (κ1) is 18.6. The summed E-state index contributed by atoms with van der Waals surface area (Å²) >= 11 is 0. The summed E-state index contributed by atoms with van der Waals surface area (Å²) in [5.74, 6) is -0.530. The van der Waals surface area contributed by atoms with Crippen LogP contribution in [0.5, 0.6) is 0 Å². The lowest BCUT2D eigenvalue weighted by Gasteiger charge is -2.17. The van der Waals surface area contributed by atoms with Crippen LogP contribution in [0.3, 0.4) is 0 Å². The van der Waals surface area contributed by atoms with Crippen molar-refractivity contribution >= 4 is 29.1 Å². The molecule has 0 unspecified atom stereocenters. The van der Waals surface area contributed by atoms with Gasteiger partial charge in [0.25, 0.3) is 0 Å². The van der Waals surface area contributed by atoms with Gasteiger partial charge in [-0.2, -0.15) is 0 Å². The van der Waals surface area contributed by atoms with E-state index < -0.39 is 0 Å². The second kappa shape index (κ2) is 8.89. The third kappa shape index (κ3) is 7.96.